The molecule has 6 heteroatoms. The number of carbonyl (C=O) groups excluding carboxylic acids is 2. The number of nitrogens with one attached hydrogen (secondary N) is 1. The van der Waals surface area contributed by atoms with Gasteiger partial charge in [-0.2, -0.15) is 0 Å². The number of nitrogens with zero attached hydrogens (tertiary/aromatic N) is 2. The zero-order valence-electron chi connectivity index (χ0n) is 11.0. The minimum Gasteiger partial charge on any atom is -0.342 e. The summed E-state index contributed by atoms with van der Waals surface area (Å²) in [6.07, 6.45) is 0.394. The lowest BCUT2D eigenvalue weighted by Crippen LogP contribution is -2.53. The molecule has 2 saturated heterocycles. The molecular weight excluding hydrogens is 254 g/mol. The molecule has 2 unspecified atom stereocenters. The van der Waals surface area contributed by atoms with Crippen molar-refractivity contribution < 1.29 is 9.59 Å². The number of rotatable bonds is 2. The number of hydrogen-bond donors (Lipinski definition) is 1. The number of amides is 2. The van der Waals surface area contributed by atoms with Crippen LogP contribution in [0.2, 0.25) is 0 Å². The summed E-state index contributed by atoms with van der Waals surface area (Å²) in [5.41, 5.74) is 0. The standard InChI is InChI=1S/C12H21N3O2.ClH/c1-3-14-8-10(6-11(14)16)12(17)15-5-4-13-9(2)7-15;/h9-10,13H,3-8H2,1-2H3;1H. The second-order valence-corrected chi connectivity index (χ2v) is 4.97. The van der Waals surface area contributed by atoms with E-state index in [-0.39, 0.29) is 30.1 Å². The summed E-state index contributed by atoms with van der Waals surface area (Å²) in [6, 6.07) is 0.354. The largest absolute Gasteiger partial charge is 0.342 e. The van der Waals surface area contributed by atoms with Gasteiger partial charge in [-0.05, 0) is 13.8 Å². The predicted octanol–water partition coefficient (Wildman–Crippen LogP) is 0.0969. The third-order valence-corrected chi connectivity index (χ3v) is 3.63. The van der Waals surface area contributed by atoms with Gasteiger partial charge in [0.25, 0.3) is 0 Å². The van der Waals surface area contributed by atoms with Gasteiger partial charge < -0.3 is 15.1 Å². The van der Waals surface area contributed by atoms with Crippen molar-refractivity contribution in [1.29, 1.82) is 0 Å². The molecule has 2 aliphatic rings. The molecule has 0 spiro atoms. The highest BCUT2D eigenvalue weighted by Gasteiger charge is 2.36. The van der Waals surface area contributed by atoms with Crippen LogP contribution in [0.3, 0.4) is 0 Å². The average molecular weight is 276 g/mol. The topological polar surface area (TPSA) is 52.7 Å². The average Bonchev–Trinajstić information content (AvgIpc) is 2.69. The Kier molecular flexibility index (Phi) is 5.41. The lowest BCUT2D eigenvalue weighted by Gasteiger charge is -2.33. The minimum absolute atomic E-state index is 0. The molecule has 0 radical (unpaired) electrons. The van der Waals surface area contributed by atoms with Crippen LogP contribution < -0.4 is 5.32 Å². The van der Waals surface area contributed by atoms with Crippen molar-refractivity contribution in [3.05, 3.63) is 0 Å². The van der Waals surface area contributed by atoms with Crippen LogP contribution in [0.25, 0.3) is 0 Å². The molecule has 0 bridgehead atoms. The van der Waals surface area contributed by atoms with Crippen molar-refractivity contribution >= 4 is 24.2 Å². The van der Waals surface area contributed by atoms with Crippen molar-refractivity contribution in [2.75, 3.05) is 32.7 Å². The summed E-state index contributed by atoms with van der Waals surface area (Å²) >= 11 is 0. The van der Waals surface area contributed by atoms with E-state index in [0.29, 0.717) is 25.6 Å². The van der Waals surface area contributed by atoms with E-state index in [2.05, 4.69) is 12.2 Å². The van der Waals surface area contributed by atoms with Gasteiger partial charge in [-0.3, -0.25) is 9.59 Å². The summed E-state index contributed by atoms with van der Waals surface area (Å²) < 4.78 is 0. The van der Waals surface area contributed by atoms with E-state index in [9.17, 15) is 9.59 Å². The molecular formula is C12H22ClN3O2. The summed E-state index contributed by atoms with van der Waals surface area (Å²) in [4.78, 5) is 27.6. The zero-order chi connectivity index (χ0) is 12.4. The molecule has 2 fully saturated rings. The van der Waals surface area contributed by atoms with E-state index < -0.39 is 0 Å². The van der Waals surface area contributed by atoms with E-state index in [1.807, 2.05) is 11.8 Å². The molecule has 5 nitrogen and oxygen atoms in total. The van der Waals surface area contributed by atoms with Gasteiger partial charge in [0.1, 0.15) is 0 Å². The van der Waals surface area contributed by atoms with Gasteiger partial charge in [-0.1, -0.05) is 0 Å². The molecule has 0 aromatic carbocycles. The van der Waals surface area contributed by atoms with Gasteiger partial charge in [-0.25, -0.2) is 0 Å². The number of hydrogen-bond acceptors (Lipinski definition) is 3. The first-order valence-electron chi connectivity index (χ1n) is 6.41. The Labute approximate surface area is 114 Å². The zero-order valence-corrected chi connectivity index (χ0v) is 11.8. The summed E-state index contributed by atoms with van der Waals surface area (Å²) in [5.74, 6) is 0.157. The van der Waals surface area contributed by atoms with E-state index in [1.54, 1.807) is 4.90 Å². The fourth-order valence-corrected chi connectivity index (χ4v) is 2.63. The normalized spacial score (nSPS) is 28.2. The molecule has 2 rings (SSSR count). The van der Waals surface area contributed by atoms with Crippen LogP contribution in [0, 0.1) is 5.92 Å². The molecule has 104 valence electrons. The molecule has 0 aliphatic carbocycles. The highest BCUT2D eigenvalue weighted by molar-refractivity contribution is 5.89. The Morgan fingerprint density at radius 2 is 2.17 bits per heavy atom. The van der Waals surface area contributed by atoms with Gasteiger partial charge in [0.15, 0.2) is 0 Å². The molecule has 2 atom stereocenters. The van der Waals surface area contributed by atoms with Gasteiger partial charge in [0.2, 0.25) is 11.8 Å². The third kappa shape index (κ3) is 3.14. The lowest BCUT2D eigenvalue weighted by atomic mass is 10.1. The molecule has 2 amide bonds. The summed E-state index contributed by atoms with van der Waals surface area (Å²) in [6.45, 7) is 7.73. The first-order valence-corrected chi connectivity index (χ1v) is 6.41. The molecule has 0 aromatic rings. The Hall–Kier alpha value is -0.810. The lowest BCUT2D eigenvalue weighted by molar-refractivity contribution is -0.136. The third-order valence-electron chi connectivity index (χ3n) is 3.63. The van der Waals surface area contributed by atoms with Crippen molar-refractivity contribution in [2.24, 2.45) is 5.92 Å². The Morgan fingerprint density at radius 1 is 1.44 bits per heavy atom. The van der Waals surface area contributed by atoms with E-state index in [4.69, 9.17) is 0 Å². The maximum absolute atomic E-state index is 12.3. The molecule has 1 N–H and O–H groups in total. The maximum atomic E-state index is 12.3. The monoisotopic (exact) mass is 275 g/mol. The highest BCUT2D eigenvalue weighted by atomic mass is 35.5. The first kappa shape index (κ1) is 15.2. The Morgan fingerprint density at radius 3 is 2.72 bits per heavy atom. The number of likely N-dealkylation sites (tertiary alicyclic amines) is 1. The van der Waals surface area contributed by atoms with Crippen LogP contribution in [0.1, 0.15) is 20.3 Å². The highest BCUT2D eigenvalue weighted by Crippen LogP contribution is 2.20. The van der Waals surface area contributed by atoms with E-state index >= 15 is 0 Å². The van der Waals surface area contributed by atoms with Crippen LogP contribution in [-0.2, 0) is 9.59 Å². The van der Waals surface area contributed by atoms with Crippen LogP contribution in [0.5, 0.6) is 0 Å². The minimum atomic E-state index is -0.118. The number of halogens is 1. The first-order chi connectivity index (χ1) is 8.11. The Bertz CT molecular complexity index is 324. The molecule has 2 aliphatic heterocycles. The smallest absolute Gasteiger partial charge is 0.228 e. The van der Waals surface area contributed by atoms with Crippen LogP contribution >= 0.6 is 12.4 Å². The predicted molar refractivity (Wildman–Crippen MR) is 71.7 cm³/mol. The van der Waals surface area contributed by atoms with E-state index in [1.165, 1.54) is 0 Å². The summed E-state index contributed by atoms with van der Waals surface area (Å²) in [5, 5.41) is 3.31. The molecule has 2 heterocycles. The van der Waals surface area contributed by atoms with Crippen LogP contribution in [-0.4, -0.2) is 60.4 Å². The van der Waals surface area contributed by atoms with Gasteiger partial charge >= 0.3 is 0 Å². The molecule has 18 heavy (non-hydrogen) atoms. The second-order valence-electron chi connectivity index (χ2n) is 4.97. The van der Waals surface area contributed by atoms with Crippen LogP contribution in [0.4, 0.5) is 0 Å². The summed E-state index contributed by atoms with van der Waals surface area (Å²) in [7, 11) is 0. The van der Waals surface area contributed by atoms with Gasteiger partial charge in [0.05, 0.1) is 5.92 Å². The van der Waals surface area contributed by atoms with Gasteiger partial charge in [-0.15, -0.1) is 12.4 Å². The van der Waals surface area contributed by atoms with Crippen molar-refractivity contribution in [1.82, 2.24) is 15.1 Å². The number of piperazine rings is 1. The van der Waals surface area contributed by atoms with Gasteiger partial charge in [0, 0.05) is 45.2 Å². The molecule has 0 aromatic heterocycles. The second kappa shape index (κ2) is 6.38. The van der Waals surface area contributed by atoms with Crippen molar-refractivity contribution in [3.63, 3.8) is 0 Å². The maximum Gasteiger partial charge on any atom is 0.228 e. The van der Waals surface area contributed by atoms with Crippen molar-refractivity contribution in [2.45, 2.75) is 26.3 Å². The fourth-order valence-electron chi connectivity index (χ4n) is 2.63. The fraction of sp³-hybridized carbons (Fsp3) is 0.833. The van der Waals surface area contributed by atoms with E-state index in [0.717, 1.165) is 19.6 Å². The SMILES string of the molecule is CCN1CC(C(=O)N2CCNC(C)C2)CC1=O.Cl. The van der Waals surface area contributed by atoms with Crippen LogP contribution in [0.15, 0.2) is 0 Å². The number of carbonyl (C=O) groups is 2. The van der Waals surface area contributed by atoms with Crippen molar-refractivity contribution in [3.8, 4) is 0 Å². The molecule has 0 saturated carbocycles. The quantitative estimate of drug-likeness (QED) is 0.778. The Balaban J connectivity index is 0.00000162.